The molecule has 0 aliphatic rings. The van der Waals surface area contributed by atoms with Gasteiger partial charge in [0.25, 0.3) is 15.0 Å². The lowest BCUT2D eigenvalue weighted by Crippen LogP contribution is -2.30. The van der Waals surface area contributed by atoms with E-state index in [4.69, 9.17) is 22.3 Å². The van der Waals surface area contributed by atoms with Gasteiger partial charge in [-0.1, -0.05) is 25.4 Å². The molecule has 0 bridgehead atoms. The molecule has 0 spiro atoms. The lowest BCUT2D eigenvalue weighted by atomic mass is 10.1. The molecule has 0 fully saturated rings. The Balaban J connectivity index is 3.31. The van der Waals surface area contributed by atoms with E-state index in [1.807, 2.05) is 13.8 Å². The second-order valence-electron chi connectivity index (χ2n) is 4.78. The maximum absolute atomic E-state index is 13.6. The van der Waals surface area contributed by atoms with Crippen LogP contribution in [0.3, 0.4) is 0 Å². The molecule has 0 atom stereocenters. The van der Waals surface area contributed by atoms with Crippen LogP contribution in [-0.4, -0.2) is 32.8 Å². The molecule has 0 N–H and O–H groups in total. The first-order valence-corrected chi connectivity index (χ1v) is 8.42. The molecule has 1 rings (SSSR count). The van der Waals surface area contributed by atoms with Gasteiger partial charge in [0, 0.05) is 24.3 Å². The van der Waals surface area contributed by atoms with E-state index in [1.165, 1.54) is 11.9 Å². The van der Waals surface area contributed by atoms with E-state index >= 15 is 0 Å². The summed E-state index contributed by atoms with van der Waals surface area (Å²) in [5.74, 6) is -1.37. The van der Waals surface area contributed by atoms with Gasteiger partial charge in [0.05, 0.1) is 15.5 Å². The zero-order valence-electron chi connectivity index (χ0n) is 11.2. The molecule has 0 aliphatic heterocycles. The molecule has 112 valence electrons. The van der Waals surface area contributed by atoms with Gasteiger partial charge in [0.1, 0.15) is 5.82 Å². The Morgan fingerprint density at radius 3 is 2.40 bits per heavy atom. The lowest BCUT2D eigenvalue weighted by molar-refractivity contribution is 0.0778. The molecule has 4 nitrogen and oxygen atoms in total. The molecule has 0 saturated heterocycles. The topological polar surface area (TPSA) is 54.5 Å². The molecule has 8 heteroatoms. The van der Waals surface area contributed by atoms with E-state index in [0.717, 1.165) is 6.07 Å². The zero-order chi connectivity index (χ0) is 15.7. The third-order valence-corrected chi connectivity index (χ3v) is 4.22. The average molecular weight is 342 g/mol. The summed E-state index contributed by atoms with van der Waals surface area (Å²) in [4.78, 5) is 13.0. The van der Waals surface area contributed by atoms with Gasteiger partial charge in [-0.3, -0.25) is 4.79 Å². The summed E-state index contributed by atoms with van der Waals surface area (Å²) < 4.78 is 36.1. The molecular weight excluding hydrogens is 328 g/mol. The molecule has 1 aromatic rings. The molecule has 0 aromatic heterocycles. The maximum atomic E-state index is 13.6. The monoisotopic (exact) mass is 341 g/mol. The minimum Gasteiger partial charge on any atom is -0.341 e. The summed E-state index contributed by atoms with van der Waals surface area (Å²) in [6, 6.07) is 1.66. The summed E-state index contributed by atoms with van der Waals surface area (Å²) in [6.07, 6.45) is 0. The summed E-state index contributed by atoms with van der Waals surface area (Å²) in [5.41, 5.74) is -0.228. The van der Waals surface area contributed by atoms with E-state index in [-0.39, 0.29) is 11.5 Å². The van der Waals surface area contributed by atoms with E-state index in [9.17, 15) is 17.6 Å². The number of halogens is 3. The van der Waals surface area contributed by atoms with Crippen molar-refractivity contribution in [2.75, 3.05) is 13.6 Å². The van der Waals surface area contributed by atoms with Crippen molar-refractivity contribution in [1.82, 2.24) is 4.90 Å². The normalized spacial score (nSPS) is 11.8. The van der Waals surface area contributed by atoms with Crippen molar-refractivity contribution >= 4 is 37.2 Å². The van der Waals surface area contributed by atoms with Crippen molar-refractivity contribution in [3.05, 3.63) is 28.5 Å². The number of benzene rings is 1. The van der Waals surface area contributed by atoms with E-state index < -0.39 is 30.7 Å². The minimum atomic E-state index is -4.14. The first kappa shape index (κ1) is 17.2. The lowest BCUT2D eigenvalue weighted by Gasteiger charge is -2.20. The van der Waals surface area contributed by atoms with E-state index in [0.29, 0.717) is 12.6 Å². The van der Waals surface area contributed by atoms with Gasteiger partial charge in [-0.2, -0.15) is 0 Å². The number of hydrogen-bond acceptors (Lipinski definition) is 3. The highest BCUT2D eigenvalue weighted by Crippen LogP contribution is 2.27. The largest absolute Gasteiger partial charge is 0.341 e. The fourth-order valence-electron chi connectivity index (χ4n) is 1.70. The van der Waals surface area contributed by atoms with Crippen molar-refractivity contribution in [3.8, 4) is 0 Å². The highest BCUT2D eigenvalue weighted by Gasteiger charge is 2.23. The standard InChI is InChI=1S/C12H14Cl2FNO3S/c1-7(2)6-16(3)12(17)9-4-8(20(14,18)19)5-10(15)11(9)13/h4-5,7H,6H2,1-3H3. The second kappa shape index (κ2) is 6.28. The Labute approximate surface area is 126 Å². The van der Waals surface area contributed by atoms with Crippen LogP contribution in [0.5, 0.6) is 0 Å². The number of nitrogens with zero attached hydrogens (tertiary/aromatic N) is 1. The van der Waals surface area contributed by atoms with Crippen LogP contribution in [0.15, 0.2) is 17.0 Å². The molecule has 20 heavy (non-hydrogen) atoms. The van der Waals surface area contributed by atoms with Crippen molar-refractivity contribution in [1.29, 1.82) is 0 Å². The van der Waals surface area contributed by atoms with Crippen LogP contribution < -0.4 is 0 Å². The minimum absolute atomic E-state index is 0.201. The third kappa shape index (κ3) is 4.07. The maximum Gasteiger partial charge on any atom is 0.261 e. The number of rotatable bonds is 4. The van der Waals surface area contributed by atoms with Crippen LogP contribution in [0.25, 0.3) is 0 Å². The first-order chi connectivity index (χ1) is 9.04. The number of carbonyl (C=O) groups is 1. The molecule has 0 saturated carbocycles. The van der Waals surface area contributed by atoms with Crippen molar-refractivity contribution in [2.24, 2.45) is 5.92 Å². The predicted octanol–water partition coefficient (Wildman–Crippen LogP) is 3.13. The Kier molecular flexibility index (Phi) is 5.40. The third-order valence-electron chi connectivity index (χ3n) is 2.50. The summed E-state index contributed by atoms with van der Waals surface area (Å²) in [7, 11) is 2.54. The Morgan fingerprint density at radius 2 is 1.95 bits per heavy atom. The van der Waals surface area contributed by atoms with Gasteiger partial charge < -0.3 is 4.90 Å². The number of amides is 1. The van der Waals surface area contributed by atoms with Crippen LogP contribution in [-0.2, 0) is 9.05 Å². The van der Waals surface area contributed by atoms with Crippen LogP contribution in [0.4, 0.5) is 4.39 Å². The predicted molar refractivity (Wildman–Crippen MR) is 76.2 cm³/mol. The first-order valence-electron chi connectivity index (χ1n) is 5.73. The quantitative estimate of drug-likeness (QED) is 0.790. The Bertz CT molecular complexity index is 632. The molecule has 0 aliphatic carbocycles. The number of hydrogen-bond donors (Lipinski definition) is 0. The van der Waals surface area contributed by atoms with Crippen LogP contribution in [0.2, 0.25) is 5.02 Å². The molecule has 0 unspecified atom stereocenters. The smallest absolute Gasteiger partial charge is 0.261 e. The van der Waals surface area contributed by atoms with Crippen LogP contribution in [0, 0.1) is 11.7 Å². The van der Waals surface area contributed by atoms with Crippen molar-refractivity contribution in [3.63, 3.8) is 0 Å². The Morgan fingerprint density at radius 1 is 1.40 bits per heavy atom. The van der Waals surface area contributed by atoms with Crippen LogP contribution >= 0.6 is 22.3 Å². The second-order valence-corrected chi connectivity index (χ2v) is 7.73. The van der Waals surface area contributed by atoms with Crippen molar-refractivity contribution < 1.29 is 17.6 Å². The summed E-state index contributed by atoms with van der Waals surface area (Å²) >= 11 is 5.73. The fraction of sp³-hybridized carbons (Fsp3) is 0.417. The molecule has 1 aromatic carbocycles. The highest BCUT2D eigenvalue weighted by molar-refractivity contribution is 8.13. The summed E-state index contributed by atoms with van der Waals surface area (Å²) in [5, 5.41) is -0.422. The molecule has 0 radical (unpaired) electrons. The Hall–Kier alpha value is -0.850. The summed E-state index contributed by atoms with van der Waals surface area (Å²) in [6.45, 7) is 4.24. The molecular formula is C12H14Cl2FNO3S. The zero-order valence-corrected chi connectivity index (χ0v) is 13.5. The van der Waals surface area contributed by atoms with Crippen molar-refractivity contribution in [2.45, 2.75) is 18.7 Å². The van der Waals surface area contributed by atoms with Gasteiger partial charge >= 0.3 is 0 Å². The van der Waals surface area contributed by atoms with Gasteiger partial charge in [0.2, 0.25) is 0 Å². The van der Waals surface area contributed by atoms with Crippen LogP contribution in [0.1, 0.15) is 24.2 Å². The van der Waals surface area contributed by atoms with Gasteiger partial charge in [-0.15, -0.1) is 0 Å². The average Bonchev–Trinajstić information content (AvgIpc) is 2.29. The number of carbonyl (C=O) groups excluding carboxylic acids is 1. The SMILES string of the molecule is CC(C)CN(C)C(=O)c1cc(S(=O)(=O)Cl)cc(F)c1Cl. The van der Waals surface area contributed by atoms with Gasteiger partial charge in [-0.05, 0) is 18.1 Å². The molecule has 0 heterocycles. The van der Waals surface area contributed by atoms with Gasteiger partial charge in [0.15, 0.2) is 0 Å². The fourth-order valence-corrected chi connectivity index (χ4v) is 2.66. The highest BCUT2D eigenvalue weighted by atomic mass is 35.7. The van der Waals surface area contributed by atoms with E-state index in [2.05, 4.69) is 0 Å². The molecule has 1 amide bonds. The van der Waals surface area contributed by atoms with E-state index in [1.54, 1.807) is 0 Å². The van der Waals surface area contributed by atoms with Gasteiger partial charge in [-0.25, -0.2) is 12.8 Å².